The quantitative estimate of drug-likeness (QED) is 0.465. The number of benzene rings is 3. The van der Waals surface area contributed by atoms with Gasteiger partial charge >= 0.3 is 0 Å². The molecule has 0 bridgehead atoms. The zero-order valence-electron chi connectivity index (χ0n) is 16.4. The second kappa shape index (κ2) is 7.17. The van der Waals surface area contributed by atoms with Gasteiger partial charge < -0.3 is 0 Å². The largest absolute Gasteiger partial charge is 0.176 e. The molecule has 0 unspecified atom stereocenters. The van der Waals surface area contributed by atoms with Gasteiger partial charge in [-0.25, -0.2) is 0 Å². The lowest BCUT2D eigenvalue weighted by atomic mass is 10.2. The van der Waals surface area contributed by atoms with E-state index in [0.717, 1.165) is 6.42 Å². The van der Waals surface area contributed by atoms with Crippen LogP contribution in [-0.2, 0) is 0 Å². The molecule has 0 fully saturated rings. The molecule has 0 nitrogen and oxygen atoms in total. The Morgan fingerprint density at radius 3 is 1.67 bits per heavy atom. The molecular formula is C26H26Si. The van der Waals surface area contributed by atoms with Gasteiger partial charge in [0.2, 0.25) is 0 Å². The predicted molar refractivity (Wildman–Crippen MR) is 120 cm³/mol. The van der Waals surface area contributed by atoms with Crippen molar-refractivity contribution in [1.29, 1.82) is 0 Å². The summed E-state index contributed by atoms with van der Waals surface area (Å²) >= 11 is 0. The van der Waals surface area contributed by atoms with Gasteiger partial charge in [-0.15, -0.1) is 0 Å². The molecule has 27 heavy (non-hydrogen) atoms. The highest BCUT2D eigenvalue weighted by Crippen LogP contribution is 2.32. The molecule has 0 saturated carbocycles. The summed E-state index contributed by atoms with van der Waals surface area (Å²) < 4.78 is 0. The van der Waals surface area contributed by atoms with Gasteiger partial charge in [-0.2, -0.15) is 0 Å². The smallest absolute Gasteiger partial charge is 0.0776 e. The lowest BCUT2D eigenvalue weighted by Gasteiger charge is -2.36. The third-order valence-electron chi connectivity index (χ3n) is 5.97. The van der Waals surface area contributed by atoms with Crippen molar-refractivity contribution in [2.24, 2.45) is 0 Å². The third kappa shape index (κ3) is 2.92. The van der Waals surface area contributed by atoms with Gasteiger partial charge in [-0.1, -0.05) is 113 Å². The number of aryl methyl sites for hydroxylation is 1. The standard InChI is InChI=1S/C26H26Si/c1-20-11-10-16-25(19-20)27(23-12-6-4-7-13-23,24-14-8-5-9-15-24)26-18-17-21(2)22(26)3/h4-17,19H,18H2,1-3H3. The van der Waals surface area contributed by atoms with E-state index in [0.29, 0.717) is 0 Å². The predicted octanol–water partition coefficient (Wildman–Crippen LogP) is 4.67. The van der Waals surface area contributed by atoms with Crippen LogP contribution in [0.25, 0.3) is 0 Å². The van der Waals surface area contributed by atoms with Gasteiger partial charge in [0.1, 0.15) is 0 Å². The Hall–Kier alpha value is -2.64. The Morgan fingerprint density at radius 1 is 0.630 bits per heavy atom. The minimum Gasteiger partial charge on any atom is -0.0776 e. The summed E-state index contributed by atoms with van der Waals surface area (Å²) in [5.41, 5.74) is 4.24. The van der Waals surface area contributed by atoms with Crippen LogP contribution < -0.4 is 15.6 Å². The van der Waals surface area contributed by atoms with Gasteiger partial charge in [-0.05, 0) is 42.8 Å². The molecule has 3 aromatic carbocycles. The minimum atomic E-state index is -2.30. The Balaban J connectivity index is 2.14. The summed E-state index contributed by atoms with van der Waals surface area (Å²) in [4.78, 5) is 0. The van der Waals surface area contributed by atoms with Crippen molar-refractivity contribution in [3.63, 3.8) is 0 Å². The molecule has 134 valence electrons. The van der Waals surface area contributed by atoms with Gasteiger partial charge in [0.15, 0.2) is 8.07 Å². The lowest BCUT2D eigenvalue weighted by molar-refractivity contribution is 1.33. The number of hydrogen-bond donors (Lipinski definition) is 0. The van der Waals surface area contributed by atoms with Crippen molar-refractivity contribution < 1.29 is 0 Å². The molecule has 3 aromatic rings. The van der Waals surface area contributed by atoms with Crippen LogP contribution in [0.2, 0.25) is 0 Å². The molecule has 1 heteroatoms. The first kappa shape index (κ1) is 17.8. The highest BCUT2D eigenvalue weighted by molar-refractivity contribution is 7.16. The molecule has 0 aliphatic heterocycles. The fourth-order valence-corrected chi connectivity index (χ4v) is 9.90. The maximum atomic E-state index is 2.42. The average molecular weight is 367 g/mol. The first-order valence-electron chi connectivity index (χ1n) is 9.69. The summed E-state index contributed by atoms with van der Waals surface area (Å²) in [6.45, 7) is 6.78. The lowest BCUT2D eigenvalue weighted by Crippen LogP contribution is -2.68. The molecule has 0 spiro atoms. The normalized spacial score (nSPS) is 14.4. The zero-order chi connectivity index (χ0) is 18.9. The molecule has 0 amide bonds. The summed E-state index contributed by atoms with van der Waals surface area (Å²) in [5.74, 6) is 0. The number of allylic oxidation sites excluding steroid dienone is 4. The number of rotatable bonds is 4. The van der Waals surface area contributed by atoms with Crippen LogP contribution in [0.1, 0.15) is 25.8 Å². The van der Waals surface area contributed by atoms with Gasteiger partial charge in [0.05, 0.1) is 0 Å². The van der Waals surface area contributed by atoms with Crippen LogP contribution in [0.4, 0.5) is 0 Å². The maximum Gasteiger partial charge on any atom is 0.176 e. The van der Waals surface area contributed by atoms with Crippen LogP contribution in [0.3, 0.4) is 0 Å². The number of hydrogen-bond acceptors (Lipinski definition) is 0. The van der Waals surface area contributed by atoms with E-state index in [4.69, 9.17) is 0 Å². The Morgan fingerprint density at radius 2 is 1.19 bits per heavy atom. The molecule has 1 aliphatic carbocycles. The summed E-state index contributed by atoms with van der Waals surface area (Å²) in [6, 6.07) is 31.6. The summed E-state index contributed by atoms with van der Waals surface area (Å²) in [6.07, 6.45) is 3.47. The fourth-order valence-electron chi connectivity index (χ4n) is 4.51. The van der Waals surface area contributed by atoms with E-state index in [-0.39, 0.29) is 0 Å². The fraction of sp³-hybridized carbons (Fsp3) is 0.154. The van der Waals surface area contributed by atoms with E-state index < -0.39 is 8.07 Å². The second-order valence-electron chi connectivity index (χ2n) is 7.55. The Bertz CT molecular complexity index is 971. The molecule has 0 N–H and O–H groups in total. The highest BCUT2D eigenvalue weighted by Gasteiger charge is 2.44. The molecule has 0 atom stereocenters. The Labute approximate surface area is 163 Å². The minimum absolute atomic E-state index is 1.06. The first-order valence-corrected chi connectivity index (χ1v) is 11.7. The first-order chi connectivity index (χ1) is 13.1. The van der Waals surface area contributed by atoms with Crippen molar-refractivity contribution in [3.05, 3.63) is 113 Å². The molecule has 1 aliphatic rings. The van der Waals surface area contributed by atoms with Crippen molar-refractivity contribution in [3.8, 4) is 0 Å². The zero-order valence-corrected chi connectivity index (χ0v) is 17.4. The molecule has 0 heterocycles. The molecule has 0 radical (unpaired) electrons. The van der Waals surface area contributed by atoms with Crippen LogP contribution in [0.15, 0.2) is 107 Å². The molecule has 4 rings (SSSR count). The van der Waals surface area contributed by atoms with Crippen LogP contribution in [0.5, 0.6) is 0 Å². The van der Waals surface area contributed by atoms with E-state index in [1.165, 1.54) is 32.3 Å². The van der Waals surface area contributed by atoms with E-state index in [2.05, 4.69) is 112 Å². The SMILES string of the molecule is CC1=CCC([Si](c2ccccc2)(c2ccccc2)c2cccc(C)c2)=C1C. The van der Waals surface area contributed by atoms with Gasteiger partial charge in [0, 0.05) is 0 Å². The van der Waals surface area contributed by atoms with Gasteiger partial charge in [0.25, 0.3) is 0 Å². The highest BCUT2D eigenvalue weighted by atomic mass is 28.3. The monoisotopic (exact) mass is 366 g/mol. The maximum absolute atomic E-state index is 2.42. The van der Waals surface area contributed by atoms with Crippen LogP contribution >= 0.6 is 0 Å². The molecular weight excluding hydrogens is 340 g/mol. The van der Waals surface area contributed by atoms with E-state index in [9.17, 15) is 0 Å². The topological polar surface area (TPSA) is 0 Å². The van der Waals surface area contributed by atoms with Gasteiger partial charge in [-0.3, -0.25) is 0 Å². The van der Waals surface area contributed by atoms with Crippen LogP contribution in [0, 0.1) is 6.92 Å². The van der Waals surface area contributed by atoms with E-state index in [1.54, 1.807) is 5.20 Å². The van der Waals surface area contributed by atoms with Crippen molar-refractivity contribution in [1.82, 2.24) is 0 Å². The summed E-state index contributed by atoms with van der Waals surface area (Å²) in [7, 11) is -2.30. The van der Waals surface area contributed by atoms with Crippen molar-refractivity contribution in [2.75, 3.05) is 0 Å². The average Bonchev–Trinajstić information content (AvgIpc) is 3.04. The van der Waals surface area contributed by atoms with E-state index in [1.807, 2.05) is 0 Å². The third-order valence-corrected chi connectivity index (χ3v) is 11.0. The molecule has 0 aromatic heterocycles. The van der Waals surface area contributed by atoms with E-state index >= 15 is 0 Å². The van der Waals surface area contributed by atoms with Crippen molar-refractivity contribution >= 4 is 23.6 Å². The van der Waals surface area contributed by atoms with Crippen molar-refractivity contribution in [2.45, 2.75) is 27.2 Å². The second-order valence-corrected chi connectivity index (χ2v) is 11.4. The summed E-state index contributed by atoms with van der Waals surface area (Å²) in [5, 5.41) is 6.05. The Kier molecular flexibility index (Phi) is 4.71. The van der Waals surface area contributed by atoms with Crippen LogP contribution in [-0.4, -0.2) is 8.07 Å². The molecule has 0 saturated heterocycles.